The standard InChI is InChI=1S/C60H69BF2N6O9/c1-40-18-17-19-41(2)57(40)59(74)77-39-54(70)50(66-58(73)51(36-44-20-9-6-10-21-44)67-60(75)78-38-45-22-11-7-12-23-45)24-14-16-35-64-55(71)25-13-8-15-34-65-56(72)33-31-49-42(3)53-37-47-28-32-52(46-26-29-48(76-5)30-27-46)69(47)61(62,63)68(53)43(49)4/h6-7,9-12,17-23,26-30,32,37,50-51H,8,13-16,24-25,31,33-36,38-39H2,1-5H3,(H,64,71)(H,65,72)(H,66,73)(H,67,75)/t50-,51-/m1/s1. The van der Waals surface area contributed by atoms with Crippen LogP contribution in [0.2, 0.25) is 0 Å². The highest BCUT2D eigenvalue weighted by Gasteiger charge is 2.54. The Morgan fingerprint density at radius 1 is 0.667 bits per heavy atom. The number of aryl methyl sites for hydroxylation is 2. The maximum absolute atomic E-state index is 16.5. The maximum atomic E-state index is 16.5. The van der Waals surface area contributed by atoms with E-state index in [0.29, 0.717) is 102 Å². The zero-order valence-electron chi connectivity index (χ0n) is 45.0. The van der Waals surface area contributed by atoms with Gasteiger partial charge in [-0.1, -0.05) is 85.3 Å². The van der Waals surface area contributed by atoms with Gasteiger partial charge in [-0.2, -0.15) is 0 Å². The molecule has 5 aromatic rings. The first kappa shape index (κ1) is 57.6. The minimum Gasteiger partial charge on any atom is -0.497 e. The summed E-state index contributed by atoms with van der Waals surface area (Å²) in [5.41, 5.74) is 7.04. The van der Waals surface area contributed by atoms with Crippen LogP contribution >= 0.6 is 0 Å². The monoisotopic (exact) mass is 1070 g/mol. The first-order valence-corrected chi connectivity index (χ1v) is 26.6. The van der Waals surface area contributed by atoms with Crippen LogP contribution in [-0.4, -0.2) is 96.1 Å². The van der Waals surface area contributed by atoms with E-state index in [4.69, 9.17) is 14.2 Å². The van der Waals surface area contributed by atoms with E-state index in [-0.39, 0.29) is 44.1 Å². The van der Waals surface area contributed by atoms with Crippen molar-refractivity contribution in [2.75, 3.05) is 26.8 Å². The number of fused-ring (bicyclic) bond motifs is 2. The van der Waals surface area contributed by atoms with Gasteiger partial charge in [0.1, 0.15) is 24.1 Å². The van der Waals surface area contributed by atoms with Gasteiger partial charge in [-0.15, -0.1) is 0 Å². The fraction of sp³-hybridized carbons (Fsp3) is 0.350. The van der Waals surface area contributed by atoms with Crippen molar-refractivity contribution in [1.29, 1.82) is 0 Å². The Balaban J connectivity index is 0.842. The largest absolute Gasteiger partial charge is 0.737 e. The Bertz CT molecular complexity index is 3050. The maximum Gasteiger partial charge on any atom is 0.737 e. The summed E-state index contributed by atoms with van der Waals surface area (Å²) in [5.74, 6) is -1.54. The van der Waals surface area contributed by atoms with Gasteiger partial charge in [-0.25, -0.2) is 9.59 Å². The van der Waals surface area contributed by atoms with E-state index in [0.717, 1.165) is 31.2 Å². The van der Waals surface area contributed by atoms with Gasteiger partial charge in [0, 0.05) is 67.9 Å². The molecule has 0 spiro atoms. The number of hydrogen-bond donors (Lipinski definition) is 4. The number of esters is 1. The number of unbranched alkanes of at least 4 members (excludes halogenated alkanes) is 3. The highest BCUT2D eigenvalue weighted by atomic mass is 19.2. The molecule has 0 saturated carbocycles. The van der Waals surface area contributed by atoms with Crippen LogP contribution in [0.5, 0.6) is 5.75 Å². The second-order valence-corrected chi connectivity index (χ2v) is 19.7. The average molecular weight is 1070 g/mol. The molecule has 4 amide bonds. The Labute approximate surface area is 454 Å². The number of halogens is 2. The van der Waals surface area contributed by atoms with Gasteiger partial charge in [0.2, 0.25) is 17.7 Å². The second-order valence-electron chi connectivity index (χ2n) is 19.7. The molecule has 2 aliphatic rings. The molecule has 0 fully saturated rings. The van der Waals surface area contributed by atoms with Gasteiger partial charge in [0.15, 0.2) is 18.1 Å². The third kappa shape index (κ3) is 14.9. The summed E-state index contributed by atoms with van der Waals surface area (Å²) in [6.07, 6.45) is 4.75. The lowest BCUT2D eigenvalue weighted by atomic mass is 9.89. The lowest BCUT2D eigenvalue weighted by Crippen LogP contribution is -2.53. The van der Waals surface area contributed by atoms with Crippen molar-refractivity contribution in [2.24, 2.45) is 0 Å². The Morgan fingerprint density at radius 2 is 1.31 bits per heavy atom. The lowest BCUT2D eigenvalue weighted by Gasteiger charge is -2.31. The molecular weight excluding hydrogens is 998 g/mol. The number of carbonyl (C=O) groups is 6. The molecule has 410 valence electrons. The SMILES string of the molecule is COc1ccc(-c2ccc3n2[B-](F)(F)[N+]2=C(C)C(CCC(=O)NCCCCCC(=O)NCCCC[C@@H](NC(=O)[C@@H](Cc4ccccc4)NC(=O)OCc4ccccc4)C(=O)COC(=O)c4c(C)cccc4C)=C(C)C2=C3)cc1. The summed E-state index contributed by atoms with van der Waals surface area (Å²) in [5, 5.41) is 11.3. The summed E-state index contributed by atoms with van der Waals surface area (Å²) in [4.78, 5) is 79.7. The fourth-order valence-corrected chi connectivity index (χ4v) is 9.99. The van der Waals surface area contributed by atoms with Gasteiger partial charge in [-0.05, 0) is 124 Å². The predicted molar refractivity (Wildman–Crippen MR) is 296 cm³/mol. The minimum atomic E-state index is -4.23. The summed E-state index contributed by atoms with van der Waals surface area (Å²) >= 11 is 0. The van der Waals surface area contributed by atoms with Crippen molar-refractivity contribution in [2.45, 2.75) is 111 Å². The number of allylic oxidation sites excluding steroid dienone is 2. The van der Waals surface area contributed by atoms with E-state index < -0.39 is 49.4 Å². The number of nitrogens with zero attached hydrogens (tertiary/aromatic N) is 2. The van der Waals surface area contributed by atoms with E-state index >= 15 is 8.63 Å². The van der Waals surface area contributed by atoms with E-state index in [1.807, 2.05) is 61.5 Å². The summed E-state index contributed by atoms with van der Waals surface area (Å²) in [7, 11) is 1.55. The van der Waals surface area contributed by atoms with Crippen LogP contribution in [0, 0.1) is 13.8 Å². The quantitative estimate of drug-likeness (QED) is 0.0226. The van der Waals surface area contributed by atoms with Gasteiger partial charge in [0.05, 0.1) is 18.7 Å². The Hall–Kier alpha value is -8.15. The van der Waals surface area contributed by atoms with Crippen molar-refractivity contribution in [3.8, 4) is 17.0 Å². The van der Waals surface area contributed by atoms with Gasteiger partial charge in [0.25, 0.3) is 0 Å². The van der Waals surface area contributed by atoms with Gasteiger partial charge >= 0.3 is 19.0 Å². The first-order valence-electron chi connectivity index (χ1n) is 26.6. The lowest BCUT2D eigenvalue weighted by molar-refractivity contribution is -0.362. The van der Waals surface area contributed by atoms with E-state index in [2.05, 4.69) is 21.3 Å². The number of nitrogens with one attached hydrogen (secondary N) is 4. The van der Waals surface area contributed by atoms with Crippen molar-refractivity contribution >= 4 is 54.3 Å². The average Bonchev–Trinajstić information content (AvgIpc) is 4.07. The number of ether oxygens (including phenoxy) is 3. The molecule has 0 aliphatic carbocycles. The van der Waals surface area contributed by atoms with E-state index in [9.17, 15) is 28.8 Å². The van der Waals surface area contributed by atoms with Crippen LogP contribution in [-0.2, 0) is 41.7 Å². The first-order chi connectivity index (χ1) is 37.5. The third-order valence-electron chi connectivity index (χ3n) is 14.2. The number of rotatable bonds is 27. The summed E-state index contributed by atoms with van der Waals surface area (Å²) < 4.78 is 51.4. The Kier molecular flexibility index (Phi) is 20.1. The number of ketones is 1. The van der Waals surface area contributed by atoms with Crippen molar-refractivity contribution in [3.05, 3.63) is 166 Å². The molecule has 1 aromatic heterocycles. The molecule has 4 N–H and O–H groups in total. The van der Waals surface area contributed by atoms with Gasteiger partial charge in [-0.3, -0.25) is 19.2 Å². The molecule has 0 radical (unpaired) electrons. The number of amides is 4. The topological polar surface area (TPSA) is 186 Å². The number of aromatic nitrogens is 1. The normalized spacial score (nSPS) is 14.1. The van der Waals surface area contributed by atoms with Crippen LogP contribution < -0.4 is 26.0 Å². The van der Waals surface area contributed by atoms with Crippen molar-refractivity contribution in [3.63, 3.8) is 0 Å². The van der Waals surface area contributed by atoms with Crippen LogP contribution in [0.1, 0.15) is 110 Å². The van der Waals surface area contributed by atoms with E-state index in [1.54, 1.807) is 94.6 Å². The molecule has 15 nitrogen and oxygen atoms in total. The molecule has 78 heavy (non-hydrogen) atoms. The van der Waals surface area contributed by atoms with E-state index in [1.165, 1.54) is 0 Å². The van der Waals surface area contributed by atoms with Gasteiger partial charge < -0.3 is 53.1 Å². The molecule has 0 unspecified atom stereocenters. The molecular formula is C60H69BF2N6O9. The molecule has 18 heteroatoms. The number of methoxy groups -OCH3 is 1. The fourth-order valence-electron chi connectivity index (χ4n) is 9.99. The molecule has 0 bridgehead atoms. The number of carbonyl (C=O) groups excluding carboxylic acids is 6. The highest BCUT2D eigenvalue weighted by Crippen LogP contribution is 2.41. The number of hydrogen-bond acceptors (Lipinski definition) is 9. The predicted octanol–water partition coefficient (Wildman–Crippen LogP) is 9.35. The zero-order chi connectivity index (χ0) is 55.8. The summed E-state index contributed by atoms with van der Waals surface area (Å²) in [6, 6.07) is 31.8. The van der Waals surface area contributed by atoms with Crippen LogP contribution in [0.3, 0.4) is 0 Å². The molecule has 2 aliphatic heterocycles. The molecule has 3 heterocycles. The molecule has 0 saturated heterocycles. The number of Topliss-reactive ketones (excluding diaryl/α,β-unsaturated/α-hetero) is 1. The molecule has 2 atom stereocenters. The zero-order valence-corrected chi connectivity index (χ0v) is 45.0. The smallest absolute Gasteiger partial charge is 0.497 e. The van der Waals surface area contributed by atoms with Crippen molar-refractivity contribution in [1.82, 2.24) is 25.7 Å². The summed E-state index contributed by atoms with van der Waals surface area (Å²) in [6.45, 7) is 2.93. The number of alkyl carbamates (subject to hydrolysis) is 1. The Morgan fingerprint density at radius 3 is 1.97 bits per heavy atom. The third-order valence-corrected chi connectivity index (χ3v) is 14.2. The minimum absolute atomic E-state index is 0.0173. The number of benzene rings is 4. The molecule has 4 aromatic carbocycles. The highest BCUT2D eigenvalue weighted by molar-refractivity contribution is 6.58. The van der Waals surface area contributed by atoms with Crippen LogP contribution in [0.25, 0.3) is 17.3 Å². The second kappa shape index (κ2) is 27.3. The van der Waals surface area contributed by atoms with Crippen molar-refractivity contribution < 1.29 is 56.1 Å². The molecule has 7 rings (SSSR count). The van der Waals surface area contributed by atoms with Crippen LogP contribution in [0.15, 0.2) is 132 Å². The van der Waals surface area contributed by atoms with Crippen LogP contribution in [0.4, 0.5) is 13.4 Å².